The molecule has 0 aromatic heterocycles. The number of nitrogens with one attached hydrogen (secondary N) is 3. The largest absolute Gasteiger partial charge is 0.336 e. The molecule has 0 unspecified atom stereocenters. The van der Waals surface area contributed by atoms with Crippen LogP contribution in [0.1, 0.15) is 29.6 Å². The highest BCUT2D eigenvalue weighted by atomic mass is 16.2. The molecule has 1 aliphatic heterocycles. The molecule has 1 aromatic rings. The molecule has 1 aromatic carbocycles. The van der Waals surface area contributed by atoms with Crippen LogP contribution in [0.15, 0.2) is 24.3 Å². The van der Waals surface area contributed by atoms with Gasteiger partial charge in [-0.15, -0.1) is 0 Å². The van der Waals surface area contributed by atoms with Crippen molar-refractivity contribution in [2.45, 2.75) is 25.3 Å². The van der Waals surface area contributed by atoms with E-state index < -0.39 is 0 Å². The summed E-state index contributed by atoms with van der Waals surface area (Å²) in [4.78, 5) is 26.0. The van der Waals surface area contributed by atoms with Gasteiger partial charge in [0.15, 0.2) is 0 Å². The highest BCUT2D eigenvalue weighted by Gasteiger charge is 2.20. The van der Waals surface area contributed by atoms with Crippen LogP contribution in [0.25, 0.3) is 0 Å². The Balaban J connectivity index is 1.54. The average Bonchev–Trinajstić information content (AvgIpc) is 2.52. The Morgan fingerprint density at radius 2 is 1.77 bits per heavy atom. The molecular weight excluding hydrogens is 280 g/mol. The predicted molar refractivity (Wildman–Crippen MR) is 85.0 cm³/mol. The number of rotatable bonds is 3. The quantitative estimate of drug-likeness (QED) is 0.790. The number of piperazine rings is 1. The molecule has 1 heterocycles. The molecular formula is C16H22N4O2. The summed E-state index contributed by atoms with van der Waals surface area (Å²) in [5.41, 5.74) is 1.36. The van der Waals surface area contributed by atoms with Gasteiger partial charge in [-0.25, -0.2) is 4.79 Å². The monoisotopic (exact) mass is 302 g/mol. The molecule has 3 rings (SSSR count). The SMILES string of the molecule is O=C(Nc1ccc(C(=O)N2CCNCC2)cc1)NC1CCC1. The lowest BCUT2D eigenvalue weighted by atomic mass is 9.93. The van der Waals surface area contributed by atoms with E-state index in [1.54, 1.807) is 24.3 Å². The van der Waals surface area contributed by atoms with Crippen LogP contribution in [0.4, 0.5) is 10.5 Å². The van der Waals surface area contributed by atoms with Crippen LogP contribution in [0.2, 0.25) is 0 Å². The Morgan fingerprint density at radius 3 is 2.36 bits per heavy atom. The van der Waals surface area contributed by atoms with Crippen molar-refractivity contribution in [3.63, 3.8) is 0 Å². The van der Waals surface area contributed by atoms with E-state index in [0.29, 0.717) is 17.3 Å². The average molecular weight is 302 g/mol. The van der Waals surface area contributed by atoms with Crippen LogP contribution < -0.4 is 16.0 Å². The Kier molecular flexibility index (Phi) is 4.58. The van der Waals surface area contributed by atoms with Gasteiger partial charge in [-0.3, -0.25) is 4.79 Å². The van der Waals surface area contributed by atoms with Gasteiger partial charge in [-0.1, -0.05) is 0 Å². The lowest BCUT2D eigenvalue weighted by Crippen LogP contribution is -2.46. The minimum atomic E-state index is -0.175. The van der Waals surface area contributed by atoms with Crippen LogP contribution in [-0.4, -0.2) is 49.1 Å². The van der Waals surface area contributed by atoms with Gasteiger partial charge in [-0.05, 0) is 43.5 Å². The van der Waals surface area contributed by atoms with Crippen molar-refractivity contribution in [1.82, 2.24) is 15.5 Å². The van der Waals surface area contributed by atoms with Gasteiger partial charge in [0.25, 0.3) is 5.91 Å². The van der Waals surface area contributed by atoms with Crippen molar-refractivity contribution >= 4 is 17.6 Å². The van der Waals surface area contributed by atoms with E-state index in [4.69, 9.17) is 0 Å². The first-order chi connectivity index (χ1) is 10.7. The number of anilines is 1. The number of hydrogen-bond acceptors (Lipinski definition) is 3. The summed E-state index contributed by atoms with van der Waals surface area (Å²) in [6.45, 7) is 3.16. The van der Waals surface area contributed by atoms with E-state index in [1.165, 1.54) is 6.42 Å². The number of nitrogens with zero attached hydrogens (tertiary/aromatic N) is 1. The van der Waals surface area contributed by atoms with E-state index >= 15 is 0 Å². The molecule has 3 N–H and O–H groups in total. The number of carbonyl (C=O) groups excluding carboxylic acids is 2. The molecule has 6 nitrogen and oxygen atoms in total. The lowest BCUT2D eigenvalue weighted by molar-refractivity contribution is 0.0736. The van der Waals surface area contributed by atoms with Gasteiger partial charge in [0, 0.05) is 43.5 Å². The first kappa shape index (κ1) is 14.8. The number of hydrogen-bond donors (Lipinski definition) is 3. The van der Waals surface area contributed by atoms with Gasteiger partial charge < -0.3 is 20.9 Å². The van der Waals surface area contributed by atoms with E-state index in [9.17, 15) is 9.59 Å². The Labute approximate surface area is 130 Å². The minimum Gasteiger partial charge on any atom is -0.336 e. The first-order valence-electron chi connectivity index (χ1n) is 7.90. The maximum atomic E-state index is 12.3. The summed E-state index contributed by atoms with van der Waals surface area (Å²) in [5.74, 6) is 0.0481. The molecule has 1 saturated carbocycles. The summed E-state index contributed by atoms with van der Waals surface area (Å²) in [7, 11) is 0. The molecule has 22 heavy (non-hydrogen) atoms. The van der Waals surface area contributed by atoms with E-state index in [-0.39, 0.29) is 11.9 Å². The molecule has 0 spiro atoms. The zero-order valence-corrected chi connectivity index (χ0v) is 12.6. The molecule has 0 atom stereocenters. The highest BCUT2D eigenvalue weighted by Crippen LogP contribution is 2.18. The standard InChI is InChI=1S/C16H22N4O2/c21-15(20-10-8-17-9-11-20)12-4-6-14(7-5-12)19-16(22)18-13-2-1-3-13/h4-7,13,17H,1-3,8-11H2,(H2,18,19,22). The fourth-order valence-electron chi connectivity index (χ4n) is 2.65. The van der Waals surface area contributed by atoms with Crippen LogP contribution in [0, 0.1) is 0 Å². The smallest absolute Gasteiger partial charge is 0.319 e. The second-order valence-corrected chi connectivity index (χ2v) is 5.85. The lowest BCUT2D eigenvalue weighted by Gasteiger charge is -2.27. The second kappa shape index (κ2) is 6.79. The molecule has 0 radical (unpaired) electrons. The molecule has 0 bridgehead atoms. The normalized spacial score (nSPS) is 18.5. The van der Waals surface area contributed by atoms with Crippen molar-refractivity contribution in [2.75, 3.05) is 31.5 Å². The number of amides is 3. The van der Waals surface area contributed by atoms with Crippen LogP contribution in [0.5, 0.6) is 0 Å². The molecule has 2 fully saturated rings. The summed E-state index contributed by atoms with van der Waals surface area (Å²) in [6, 6.07) is 7.22. The Hall–Kier alpha value is -2.08. The Bertz CT molecular complexity index is 534. The number of carbonyl (C=O) groups is 2. The second-order valence-electron chi connectivity index (χ2n) is 5.85. The topological polar surface area (TPSA) is 73.5 Å². The van der Waals surface area contributed by atoms with Crippen molar-refractivity contribution in [3.05, 3.63) is 29.8 Å². The molecule has 118 valence electrons. The fraction of sp³-hybridized carbons (Fsp3) is 0.500. The molecule has 1 saturated heterocycles. The van der Waals surface area contributed by atoms with Gasteiger partial charge in [0.2, 0.25) is 0 Å². The van der Waals surface area contributed by atoms with Gasteiger partial charge in [-0.2, -0.15) is 0 Å². The molecule has 1 aliphatic carbocycles. The third-order valence-electron chi connectivity index (χ3n) is 4.23. The third-order valence-corrected chi connectivity index (χ3v) is 4.23. The van der Waals surface area contributed by atoms with Crippen molar-refractivity contribution in [3.8, 4) is 0 Å². The number of benzene rings is 1. The fourth-order valence-corrected chi connectivity index (χ4v) is 2.65. The number of urea groups is 1. The summed E-state index contributed by atoms with van der Waals surface area (Å²) >= 11 is 0. The molecule has 2 aliphatic rings. The van der Waals surface area contributed by atoms with E-state index in [2.05, 4.69) is 16.0 Å². The van der Waals surface area contributed by atoms with Crippen LogP contribution in [0.3, 0.4) is 0 Å². The first-order valence-corrected chi connectivity index (χ1v) is 7.90. The maximum Gasteiger partial charge on any atom is 0.319 e. The minimum absolute atomic E-state index is 0.0481. The van der Waals surface area contributed by atoms with Gasteiger partial charge >= 0.3 is 6.03 Å². The molecule has 6 heteroatoms. The maximum absolute atomic E-state index is 12.3. The van der Waals surface area contributed by atoms with Crippen molar-refractivity contribution in [2.24, 2.45) is 0 Å². The van der Waals surface area contributed by atoms with Gasteiger partial charge in [0.1, 0.15) is 0 Å². The van der Waals surface area contributed by atoms with Crippen molar-refractivity contribution in [1.29, 1.82) is 0 Å². The molecule has 3 amide bonds. The van der Waals surface area contributed by atoms with Crippen LogP contribution >= 0.6 is 0 Å². The zero-order valence-electron chi connectivity index (χ0n) is 12.6. The van der Waals surface area contributed by atoms with Crippen LogP contribution in [-0.2, 0) is 0 Å². The Morgan fingerprint density at radius 1 is 1.09 bits per heavy atom. The van der Waals surface area contributed by atoms with Crippen molar-refractivity contribution < 1.29 is 9.59 Å². The highest BCUT2D eigenvalue weighted by molar-refractivity contribution is 5.95. The summed E-state index contributed by atoms with van der Waals surface area (Å²) in [5, 5.41) is 8.95. The van der Waals surface area contributed by atoms with Gasteiger partial charge in [0.05, 0.1) is 0 Å². The summed E-state index contributed by atoms with van der Waals surface area (Å²) < 4.78 is 0. The van der Waals surface area contributed by atoms with E-state index in [0.717, 1.165) is 39.0 Å². The van der Waals surface area contributed by atoms with E-state index in [1.807, 2.05) is 4.90 Å². The predicted octanol–water partition coefficient (Wildman–Crippen LogP) is 1.41. The summed E-state index contributed by atoms with van der Waals surface area (Å²) in [6.07, 6.45) is 3.31. The third kappa shape index (κ3) is 3.57. The zero-order chi connectivity index (χ0) is 15.4.